The van der Waals surface area contributed by atoms with Crippen LogP contribution < -0.4 is 5.73 Å². The Morgan fingerprint density at radius 3 is 2.32 bits per heavy atom. The first-order valence-electron chi connectivity index (χ1n) is 6.50. The number of hydrogen-bond acceptors (Lipinski definition) is 5. The molecule has 0 aliphatic rings. The van der Waals surface area contributed by atoms with E-state index >= 15 is 0 Å². The molecule has 0 aromatic carbocycles. The van der Waals surface area contributed by atoms with Gasteiger partial charge in [0.1, 0.15) is 0 Å². The third-order valence-corrected chi connectivity index (χ3v) is 3.16. The molecule has 5 heteroatoms. The van der Waals surface area contributed by atoms with Crippen molar-refractivity contribution < 1.29 is 4.52 Å². The zero-order chi connectivity index (χ0) is 14.0. The van der Waals surface area contributed by atoms with Crippen LogP contribution in [-0.4, -0.2) is 21.7 Å². The molecule has 1 atom stereocenters. The summed E-state index contributed by atoms with van der Waals surface area (Å²) in [7, 11) is 0. The van der Waals surface area contributed by atoms with Gasteiger partial charge in [-0.1, -0.05) is 19.0 Å². The highest BCUT2D eigenvalue weighted by molar-refractivity contribution is 5.55. The van der Waals surface area contributed by atoms with Crippen molar-refractivity contribution >= 4 is 0 Å². The predicted octanol–water partition coefficient (Wildman–Crippen LogP) is 2.45. The van der Waals surface area contributed by atoms with Crippen molar-refractivity contribution in [1.82, 2.24) is 15.1 Å². The minimum Gasteiger partial charge on any atom is -0.339 e. The van der Waals surface area contributed by atoms with Gasteiger partial charge in [0.25, 0.3) is 0 Å². The van der Waals surface area contributed by atoms with Crippen LogP contribution in [0.3, 0.4) is 0 Å². The molecule has 0 saturated heterocycles. The summed E-state index contributed by atoms with van der Waals surface area (Å²) in [5.41, 5.74) is 8.58. The minimum atomic E-state index is 0.102. The molecule has 0 saturated carbocycles. The third kappa shape index (κ3) is 2.98. The van der Waals surface area contributed by atoms with E-state index in [4.69, 9.17) is 10.3 Å². The molecule has 0 aliphatic heterocycles. The third-order valence-electron chi connectivity index (χ3n) is 3.16. The zero-order valence-electron chi connectivity index (χ0n) is 11.8. The van der Waals surface area contributed by atoms with Crippen LogP contribution in [-0.2, 0) is 0 Å². The summed E-state index contributed by atoms with van der Waals surface area (Å²) in [6.45, 7) is 8.61. The van der Waals surface area contributed by atoms with Crippen LogP contribution >= 0.6 is 0 Å². The maximum absolute atomic E-state index is 5.76. The van der Waals surface area contributed by atoms with Gasteiger partial charge in [0.2, 0.25) is 11.7 Å². The highest BCUT2D eigenvalue weighted by Crippen LogP contribution is 2.25. The number of pyridine rings is 1. The maximum atomic E-state index is 5.76. The molecule has 2 aromatic heterocycles. The lowest BCUT2D eigenvalue weighted by Crippen LogP contribution is -2.18. The van der Waals surface area contributed by atoms with Gasteiger partial charge >= 0.3 is 0 Å². The topological polar surface area (TPSA) is 77.8 Å². The monoisotopic (exact) mass is 260 g/mol. The number of nitrogens with zero attached hydrogens (tertiary/aromatic N) is 3. The maximum Gasteiger partial charge on any atom is 0.231 e. The molecule has 0 fully saturated rings. The normalized spacial score (nSPS) is 12.9. The summed E-state index contributed by atoms with van der Waals surface area (Å²) < 4.78 is 5.35. The summed E-state index contributed by atoms with van der Waals surface area (Å²) in [6, 6.07) is 3.91. The first-order chi connectivity index (χ1) is 9.01. The van der Waals surface area contributed by atoms with E-state index < -0.39 is 0 Å². The standard InChI is InChI=1S/C14H20N4O/c1-8(2)12(7-15)14-17-13(18-19-14)11-5-9(3)16-10(4)6-11/h5-6,8,12H,7,15H2,1-4H3. The van der Waals surface area contributed by atoms with Gasteiger partial charge < -0.3 is 10.3 Å². The van der Waals surface area contributed by atoms with Crippen LogP contribution in [0.4, 0.5) is 0 Å². The molecule has 19 heavy (non-hydrogen) atoms. The molecule has 2 N–H and O–H groups in total. The Kier molecular flexibility index (Phi) is 3.95. The van der Waals surface area contributed by atoms with Crippen LogP contribution in [0.5, 0.6) is 0 Å². The lowest BCUT2D eigenvalue weighted by molar-refractivity contribution is 0.324. The van der Waals surface area contributed by atoms with Crippen LogP contribution in [0.2, 0.25) is 0 Å². The fraction of sp³-hybridized carbons (Fsp3) is 0.500. The van der Waals surface area contributed by atoms with E-state index in [2.05, 4.69) is 29.0 Å². The Balaban J connectivity index is 2.35. The fourth-order valence-corrected chi connectivity index (χ4v) is 2.12. The molecule has 2 aromatic rings. The number of nitrogens with two attached hydrogens (primary N) is 1. The van der Waals surface area contributed by atoms with Crippen LogP contribution in [0, 0.1) is 19.8 Å². The molecule has 0 aliphatic carbocycles. The van der Waals surface area contributed by atoms with E-state index in [0.717, 1.165) is 17.0 Å². The van der Waals surface area contributed by atoms with E-state index in [1.165, 1.54) is 0 Å². The van der Waals surface area contributed by atoms with Gasteiger partial charge in [-0.3, -0.25) is 4.98 Å². The Labute approximate surface area is 113 Å². The predicted molar refractivity (Wildman–Crippen MR) is 73.6 cm³/mol. The largest absolute Gasteiger partial charge is 0.339 e. The molecule has 0 radical (unpaired) electrons. The smallest absolute Gasteiger partial charge is 0.231 e. The summed E-state index contributed by atoms with van der Waals surface area (Å²) in [6.07, 6.45) is 0. The Bertz CT molecular complexity index is 542. The molecule has 102 valence electrons. The lowest BCUT2D eigenvalue weighted by Gasteiger charge is -2.13. The van der Waals surface area contributed by atoms with Crippen molar-refractivity contribution in [3.63, 3.8) is 0 Å². The van der Waals surface area contributed by atoms with Crippen molar-refractivity contribution in [3.8, 4) is 11.4 Å². The highest BCUT2D eigenvalue weighted by Gasteiger charge is 2.21. The van der Waals surface area contributed by atoms with E-state index in [1.54, 1.807) is 0 Å². The van der Waals surface area contributed by atoms with Gasteiger partial charge in [0.15, 0.2) is 0 Å². The van der Waals surface area contributed by atoms with Crippen molar-refractivity contribution in [2.75, 3.05) is 6.54 Å². The van der Waals surface area contributed by atoms with E-state index in [-0.39, 0.29) is 5.92 Å². The van der Waals surface area contributed by atoms with Gasteiger partial charge in [-0.15, -0.1) is 0 Å². The second-order valence-electron chi connectivity index (χ2n) is 5.18. The van der Waals surface area contributed by atoms with Gasteiger partial charge in [0.05, 0.1) is 5.92 Å². The molecular formula is C14H20N4O. The lowest BCUT2D eigenvalue weighted by atomic mass is 9.96. The molecule has 2 rings (SSSR count). The molecule has 0 spiro atoms. The fourth-order valence-electron chi connectivity index (χ4n) is 2.12. The second kappa shape index (κ2) is 5.48. The number of aromatic nitrogens is 3. The summed E-state index contributed by atoms with van der Waals surface area (Å²) in [4.78, 5) is 8.81. The molecule has 0 bridgehead atoms. The summed E-state index contributed by atoms with van der Waals surface area (Å²) in [5, 5.41) is 4.05. The first-order valence-corrected chi connectivity index (χ1v) is 6.50. The average Bonchev–Trinajstić information content (AvgIpc) is 2.77. The number of aryl methyl sites for hydroxylation is 2. The quantitative estimate of drug-likeness (QED) is 0.913. The molecule has 0 amide bonds. The summed E-state index contributed by atoms with van der Waals surface area (Å²) in [5.74, 6) is 1.69. The summed E-state index contributed by atoms with van der Waals surface area (Å²) >= 11 is 0. The SMILES string of the molecule is Cc1cc(-c2noc(C(CN)C(C)C)n2)cc(C)n1. The van der Waals surface area contributed by atoms with E-state index in [9.17, 15) is 0 Å². The highest BCUT2D eigenvalue weighted by atomic mass is 16.5. The molecule has 2 heterocycles. The second-order valence-corrected chi connectivity index (χ2v) is 5.18. The van der Waals surface area contributed by atoms with Gasteiger partial charge in [-0.05, 0) is 31.9 Å². The number of hydrogen-bond donors (Lipinski definition) is 1. The van der Waals surface area contributed by atoms with Gasteiger partial charge in [-0.25, -0.2) is 0 Å². The Hall–Kier alpha value is -1.75. The van der Waals surface area contributed by atoms with E-state index in [0.29, 0.717) is 24.2 Å². The van der Waals surface area contributed by atoms with Crippen molar-refractivity contribution in [1.29, 1.82) is 0 Å². The molecular weight excluding hydrogens is 240 g/mol. The Morgan fingerprint density at radius 1 is 1.16 bits per heavy atom. The first kappa shape index (κ1) is 13.7. The van der Waals surface area contributed by atoms with Crippen molar-refractivity contribution in [3.05, 3.63) is 29.4 Å². The van der Waals surface area contributed by atoms with Crippen molar-refractivity contribution in [2.24, 2.45) is 11.7 Å². The van der Waals surface area contributed by atoms with E-state index in [1.807, 2.05) is 26.0 Å². The zero-order valence-corrected chi connectivity index (χ0v) is 11.8. The molecule has 1 unspecified atom stereocenters. The van der Waals surface area contributed by atoms with Crippen LogP contribution in [0.15, 0.2) is 16.7 Å². The minimum absolute atomic E-state index is 0.102. The molecule has 5 nitrogen and oxygen atoms in total. The van der Waals surface area contributed by atoms with Crippen LogP contribution in [0.1, 0.15) is 37.0 Å². The number of rotatable bonds is 4. The van der Waals surface area contributed by atoms with Crippen molar-refractivity contribution in [2.45, 2.75) is 33.6 Å². The van der Waals surface area contributed by atoms with Gasteiger partial charge in [-0.2, -0.15) is 4.98 Å². The van der Waals surface area contributed by atoms with Crippen LogP contribution in [0.25, 0.3) is 11.4 Å². The Morgan fingerprint density at radius 2 is 1.79 bits per heavy atom. The van der Waals surface area contributed by atoms with Gasteiger partial charge in [0, 0.05) is 23.5 Å². The average molecular weight is 260 g/mol.